The number of nitrogens with one attached hydrogen (secondary N) is 2. The molecule has 1 aromatic carbocycles. The molecule has 3 rings (SSSR count). The maximum Gasteiger partial charge on any atom is 0.206 e. The van der Waals surface area contributed by atoms with E-state index in [-0.39, 0.29) is 0 Å². The standard InChI is InChI=1S/C11H8BrN3S/c12-7-5-10(16-6-7)15-11-13-8-3-1-2-4-9(8)14-11/h1-6H,(H2,13,14,15). The number of fused-ring (bicyclic) bond motifs is 1. The van der Waals surface area contributed by atoms with E-state index in [4.69, 9.17) is 0 Å². The van der Waals surface area contributed by atoms with Gasteiger partial charge in [-0.3, -0.25) is 0 Å². The van der Waals surface area contributed by atoms with Crippen molar-refractivity contribution < 1.29 is 0 Å². The van der Waals surface area contributed by atoms with E-state index in [0.29, 0.717) is 0 Å². The minimum Gasteiger partial charge on any atom is -0.324 e. The average molecular weight is 294 g/mol. The molecule has 0 aliphatic heterocycles. The van der Waals surface area contributed by atoms with E-state index in [0.717, 1.165) is 26.5 Å². The lowest BCUT2D eigenvalue weighted by Gasteiger charge is -1.95. The van der Waals surface area contributed by atoms with Crippen LogP contribution in [0.2, 0.25) is 0 Å². The smallest absolute Gasteiger partial charge is 0.206 e. The molecule has 0 amide bonds. The van der Waals surface area contributed by atoms with Gasteiger partial charge in [0, 0.05) is 9.85 Å². The van der Waals surface area contributed by atoms with E-state index in [1.54, 1.807) is 11.3 Å². The van der Waals surface area contributed by atoms with Gasteiger partial charge in [0.15, 0.2) is 0 Å². The van der Waals surface area contributed by atoms with Crippen LogP contribution in [0.25, 0.3) is 11.0 Å². The number of aromatic amines is 1. The van der Waals surface area contributed by atoms with Gasteiger partial charge in [-0.05, 0) is 34.1 Å². The summed E-state index contributed by atoms with van der Waals surface area (Å²) in [5, 5.41) is 6.33. The van der Waals surface area contributed by atoms with Gasteiger partial charge >= 0.3 is 0 Å². The first-order chi connectivity index (χ1) is 7.81. The Labute approximate surface area is 105 Å². The molecule has 0 radical (unpaired) electrons. The van der Waals surface area contributed by atoms with Crippen molar-refractivity contribution in [3.8, 4) is 0 Å². The highest BCUT2D eigenvalue weighted by molar-refractivity contribution is 9.10. The largest absolute Gasteiger partial charge is 0.324 e. The van der Waals surface area contributed by atoms with Crippen LogP contribution in [0.4, 0.5) is 10.9 Å². The zero-order chi connectivity index (χ0) is 11.0. The Morgan fingerprint density at radius 2 is 2.19 bits per heavy atom. The summed E-state index contributed by atoms with van der Waals surface area (Å²) in [7, 11) is 0. The summed E-state index contributed by atoms with van der Waals surface area (Å²) in [5.41, 5.74) is 2.02. The third-order valence-corrected chi connectivity index (χ3v) is 3.80. The van der Waals surface area contributed by atoms with Gasteiger partial charge in [0.05, 0.1) is 16.0 Å². The van der Waals surface area contributed by atoms with Crippen molar-refractivity contribution >= 4 is 49.2 Å². The monoisotopic (exact) mass is 293 g/mol. The number of hydrogen-bond acceptors (Lipinski definition) is 3. The Morgan fingerprint density at radius 3 is 2.94 bits per heavy atom. The second-order valence-electron chi connectivity index (χ2n) is 3.36. The number of aromatic nitrogens is 2. The van der Waals surface area contributed by atoms with Gasteiger partial charge in [-0.25, -0.2) is 4.98 Å². The fraction of sp³-hybridized carbons (Fsp3) is 0. The third kappa shape index (κ3) is 1.83. The molecule has 16 heavy (non-hydrogen) atoms. The molecule has 0 saturated carbocycles. The van der Waals surface area contributed by atoms with Crippen molar-refractivity contribution in [1.29, 1.82) is 0 Å². The third-order valence-electron chi connectivity index (χ3n) is 2.20. The highest BCUT2D eigenvalue weighted by Crippen LogP contribution is 2.27. The summed E-state index contributed by atoms with van der Waals surface area (Å²) in [4.78, 5) is 7.66. The van der Waals surface area contributed by atoms with Gasteiger partial charge in [0.25, 0.3) is 0 Å². The maximum absolute atomic E-state index is 4.44. The van der Waals surface area contributed by atoms with Crippen LogP contribution < -0.4 is 5.32 Å². The SMILES string of the molecule is Brc1csc(Nc2nc3ccccc3[nH]2)c1. The molecule has 0 saturated heterocycles. The fourth-order valence-electron chi connectivity index (χ4n) is 1.51. The van der Waals surface area contributed by atoms with Crippen molar-refractivity contribution in [3.63, 3.8) is 0 Å². The van der Waals surface area contributed by atoms with Gasteiger partial charge in [0.2, 0.25) is 5.95 Å². The molecule has 0 aliphatic rings. The molecule has 5 heteroatoms. The summed E-state index contributed by atoms with van der Waals surface area (Å²) in [6, 6.07) is 10.00. The van der Waals surface area contributed by atoms with Gasteiger partial charge in [-0.15, -0.1) is 11.3 Å². The van der Waals surface area contributed by atoms with Crippen LogP contribution in [0.1, 0.15) is 0 Å². The number of nitrogens with zero attached hydrogens (tertiary/aromatic N) is 1. The number of para-hydroxylation sites is 2. The van der Waals surface area contributed by atoms with E-state index in [1.807, 2.05) is 35.7 Å². The Balaban J connectivity index is 1.95. The van der Waals surface area contributed by atoms with Gasteiger partial charge in [-0.1, -0.05) is 12.1 Å². The van der Waals surface area contributed by atoms with Crippen molar-refractivity contribution in [1.82, 2.24) is 9.97 Å². The van der Waals surface area contributed by atoms with E-state index in [9.17, 15) is 0 Å². The number of halogens is 1. The Hall–Kier alpha value is -1.33. The number of thiophene rings is 1. The molecule has 0 atom stereocenters. The van der Waals surface area contributed by atoms with Crippen molar-refractivity contribution in [2.24, 2.45) is 0 Å². The fourth-order valence-corrected chi connectivity index (χ4v) is 2.83. The molecule has 0 aliphatic carbocycles. The zero-order valence-corrected chi connectivity index (χ0v) is 10.6. The predicted molar refractivity (Wildman–Crippen MR) is 71.4 cm³/mol. The predicted octanol–water partition coefficient (Wildman–Crippen LogP) is 4.13. The summed E-state index contributed by atoms with van der Waals surface area (Å²) in [6.45, 7) is 0. The van der Waals surface area contributed by atoms with Crippen LogP contribution in [0, 0.1) is 0 Å². The van der Waals surface area contributed by atoms with E-state index >= 15 is 0 Å². The van der Waals surface area contributed by atoms with Gasteiger partial charge in [-0.2, -0.15) is 0 Å². The highest BCUT2D eigenvalue weighted by atomic mass is 79.9. The molecule has 3 nitrogen and oxygen atoms in total. The lowest BCUT2D eigenvalue weighted by molar-refractivity contribution is 1.32. The van der Waals surface area contributed by atoms with Crippen molar-refractivity contribution in [2.75, 3.05) is 5.32 Å². The molecule has 0 spiro atoms. The number of anilines is 2. The van der Waals surface area contributed by atoms with Crippen LogP contribution in [-0.4, -0.2) is 9.97 Å². The lowest BCUT2D eigenvalue weighted by Crippen LogP contribution is -1.88. The summed E-state index contributed by atoms with van der Waals surface area (Å²) >= 11 is 5.06. The average Bonchev–Trinajstić information content (AvgIpc) is 2.84. The first-order valence-corrected chi connectivity index (χ1v) is 6.44. The number of benzene rings is 1. The zero-order valence-electron chi connectivity index (χ0n) is 8.20. The van der Waals surface area contributed by atoms with Crippen molar-refractivity contribution in [3.05, 3.63) is 40.2 Å². The molecule has 2 aromatic heterocycles. The van der Waals surface area contributed by atoms with E-state index < -0.39 is 0 Å². The highest BCUT2D eigenvalue weighted by Gasteiger charge is 2.03. The first kappa shape index (κ1) is 9.86. The molecular weight excluding hydrogens is 286 g/mol. The summed E-state index contributed by atoms with van der Waals surface area (Å²) in [5.74, 6) is 0.774. The van der Waals surface area contributed by atoms with Crippen LogP contribution in [-0.2, 0) is 0 Å². The number of H-pyrrole nitrogens is 1. The minimum absolute atomic E-state index is 0.774. The maximum atomic E-state index is 4.44. The molecule has 0 fully saturated rings. The van der Waals surface area contributed by atoms with Crippen LogP contribution in [0.15, 0.2) is 40.2 Å². The summed E-state index contributed by atoms with van der Waals surface area (Å²) < 4.78 is 1.08. The normalized spacial score (nSPS) is 10.8. The number of hydrogen-bond donors (Lipinski definition) is 2. The van der Waals surface area contributed by atoms with Crippen LogP contribution in [0.3, 0.4) is 0 Å². The molecule has 3 aromatic rings. The lowest BCUT2D eigenvalue weighted by atomic mass is 10.3. The second kappa shape index (κ2) is 3.92. The second-order valence-corrected chi connectivity index (χ2v) is 5.18. The Bertz CT molecular complexity index is 596. The van der Waals surface area contributed by atoms with Crippen LogP contribution >= 0.6 is 27.3 Å². The quantitative estimate of drug-likeness (QED) is 0.746. The van der Waals surface area contributed by atoms with E-state index in [2.05, 4.69) is 31.2 Å². The van der Waals surface area contributed by atoms with Crippen molar-refractivity contribution in [2.45, 2.75) is 0 Å². The Morgan fingerprint density at radius 1 is 1.31 bits per heavy atom. The van der Waals surface area contributed by atoms with Crippen LogP contribution in [0.5, 0.6) is 0 Å². The van der Waals surface area contributed by atoms with Gasteiger partial charge in [0.1, 0.15) is 0 Å². The number of rotatable bonds is 2. The molecule has 0 unspecified atom stereocenters. The molecule has 2 N–H and O–H groups in total. The van der Waals surface area contributed by atoms with Gasteiger partial charge < -0.3 is 10.3 Å². The molecular formula is C11H8BrN3S. The topological polar surface area (TPSA) is 40.7 Å². The number of imidazole rings is 1. The summed E-state index contributed by atoms with van der Waals surface area (Å²) in [6.07, 6.45) is 0. The first-order valence-electron chi connectivity index (χ1n) is 4.77. The molecule has 80 valence electrons. The minimum atomic E-state index is 0.774. The Kier molecular flexibility index (Phi) is 2.41. The molecule has 2 heterocycles. The van der Waals surface area contributed by atoms with E-state index in [1.165, 1.54) is 0 Å². The molecule has 0 bridgehead atoms.